The fraction of sp³-hybridized carbons (Fsp3) is 0.448. The van der Waals surface area contributed by atoms with Gasteiger partial charge in [-0.25, -0.2) is 14.7 Å². The summed E-state index contributed by atoms with van der Waals surface area (Å²) in [5, 5.41) is 24.5. The van der Waals surface area contributed by atoms with Gasteiger partial charge in [-0.2, -0.15) is 18.4 Å². The summed E-state index contributed by atoms with van der Waals surface area (Å²) in [5.41, 5.74) is 2.00. The number of aliphatic hydroxyl groups excluding tert-OH is 1. The second-order valence-electron chi connectivity index (χ2n) is 21.4. The van der Waals surface area contributed by atoms with E-state index in [0.717, 1.165) is 39.4 Å². The molecule has 5 aromatic rings. The van der Waals surface area contributed by atoms with Crippen molar-refractivity contribution in [3.8, 4) is 28.0 Å². The number of imide groups is 1. The number of carbonyl (C=O) groups is 4. The molecule has 2 fully saturated rings. The van der Waals surface area contributed by atoms with Gasteiger partial charge in [0.25, 0.3) is 11.8 Å². The molecule has 3 aliphatic rings. The standard InChI is InChI=1S/C58H66F3N7O10S/c1-35(2)49(66-32-40-11-9-10-12-45(40)52(66)70)53(71)65-33-44(78-56(4,5)6)29-47(65)51(69)63-31-39-14-13-37(50-36(3)64-34-79-50)27-48(39)77-26-24-75-22-21-74-23-25-76-43-19-17-41(18-20-43)68-55(73)67(54(72)57(68,7)8)42-16-15-38(30-62)46(28-42)58(59,60)61/h9-20,27-28,34-35,44,47,49,53,71H,21-26,29,31-33H2,1-8H3,(H,63,69)/t44-,47?,49+,53?/m1/s1. The number of likely N-dealkylation sites (tertiary alicyclic amines) is 1. The van der Waals surface area contributed by atoms with Crippen molar-refractivity contribution in [2.45, 2.75) is 117 Å². The molecule has 8 rings (SSSR count). The molecule has 0 radical (unpaired) electrons. The maximum atomic E-state index is 14.4. The third kappa shape index (κ3) is 13.1. The van der Waals surface area contributed by atoms with Gasteiger partial charge in [0.1, 0.15) is 36.5 Å². The number of nitrogens with one attached hydrogen (secondary N) is 1. The molecule has 4 aromatic carbocycles. The fourth-order valence-electron chi connectivity index (χ4n) is 10.3. The van der Waals surface area contributed by atoms with Crippen LogP contribution in [0.4, 0.5) is 29.3 Å². The SMILES string of the molecule is Cc1ncsc1-c1ccc(CNC(=O)C2C[C@@H](OC(C)(C)C)CN2C(O)[C@H](C(C)C)N2Cc3ccccc3C2=O)c(OCCOCCOCCOc2ccc(N3C(=O)N(c4ccc(C#N)c(C(F)(F)F)c4)C(=O)C3(C)C)cc2)c1. The highest BCUT2D eigenvalue weighted by Crippen LogP contribution is 2.41. The third-order valence-electron chi connectivity index (χ3n) is 14.0. The van der Waals surface area contributed by atoms with Gasteiger partial charge < -0.3 is 39.0 Å². The number of urea groups is 1. The van der Waals surface area contributed by atoms with E-state index in [4.69, 9.17) is 23.7 Å². The molecular formula is C58H66F3N7O10S. The number of aliphatic hydroxyl groups is 1. The maximum Gasteiger partial charge on any atom is 0.417 e. The number of rotatable bonds is 22. The van der Waals surface area contributed by atoms with E-state index in [2.05, 4.69) is 10.3 Å². The van der Waals surface area contributed by atoms with E-state index < -0.39 is 58.7 Å². The highest BCUT2D eigenvalue weighted by atomic mass is 32.1. The van der Waals surface area contributed by atoms with Gasteiger partial charge in [-0.05, 0) is 120 Å². The maximum absolute atomic E-state index is 14.4. The third-order valence-corrected chi connectivity index (χ3v) is 15.0. The van der Waals surface area contributed by atoms with Crippen molar-refractivity contribution in [3.05, 3.63) is 124 Å². The molecule has 420 valence electrons. The average molecular weight is 1110 g/mol. The molecule has 21 heteroatoms. The number of nitrogens with zero attached hydrogens (tertiary/aromatic N) is 6. The molecule has 17 nitrogen and oxygen atoms in total. The van der Waals surface area contributed by atoms with Crippen LogP contribution in [0.25, 0.3) is 10.4 Å². The van der Waals surface area contributed by atoms with Crippen LogP contribution in [0.5, 0.6) is 11.5 Å². The average Bonchev–Trinajstić information content (AvgIpc) is 4.30. The van der Waals surface area contributed by atoms with Gasteiger partial charge in [0.05, 0.1) is 89.2 Å². The number of carbonyl (C=O) groups excluding carboxylic acids is 4. The van der Waals surface area contributed by atoms with Crippen LogP contribution in [0, 0.1) is 24.2 Å². The number of amides is 5. The number of ether oxygens (including phenoxy) is 5. The van der Waals surface area contributed by atoms with E-state index in [0.29, 0.717) is 53.2 Å². The Morgan fingerprint density at radius 3 is 2.22 bits per heavy atom. The fourth-order valence-corrected chi connectivity index (χ4v) is 11.1. The van der Waals surface area contributed by atoms with Gasteiger partial charge in [0.15, 0.2) is 0 Å². The Kier molecular flexibility index (Phi) is 17.8. The number of nitriles is 1. The van der Waals surface area contributed by atoms with Crippen molar-refractivity contribution in [2.75, 3.05) is 56.0 Å². The normalized spacial score (nSPS) is 18.3. The Hall–Kier alpha value is -6.93. The first-order chi connectivity index (χ1) is 37.5. The predicted molar refractivity (Wildman–Crippen MR) is 289 cm³/mol. The quantitative estimate of drug-likeness (QED) is 0.0492. The molecule has 3 aliphatic heterocycles. The van der Waals surface area contributed by atoms with Crippen LogP contribution in [0.1, 0.15) is 93.2 Å². The van der Waals surface area contributed by atoms with E-state index >= 15 is 0 Å². The second kappa shape index (κ2) is 24.2. The lowest BCUT2D eigenvalue weighted by molar-refractivity contribution is -0.138. The number of hydrogen-bond acceptors (Lipinski definition) is 14. The molecule has 1 aromatic heterocycles. The highest BCUT2D eigenvalue weighted by Gasteiger charge is 2.53. The zero-order chi connectivity index (χ0) is 57.0. The number of halogens is 3. The molecule has 2 saturated heterocycles. The van der Waals surface area contributed by atoms with E-state index in [1.807, 2.05) is 77.9 Å². The minimum atomic E-state index is -4.88. The largest absolute Gasteiger partial charge is 0.491 e. The Morgan fingerprint density at radius 2 is 1.58 bits per heavy atom. The summed E-state index contributed by atoms with van der Waals surface area (Å²) >= 11 is 1.51. The number of alkyl halides is 3. The van der Waals surface area contributed by atoms with Crippen LogP contribution < -0.4 is 24.6 Å². The van der Waals surface area contributed by atoms with Crippen molar-refractivity contribution in [3.63, 3.8) is 0 Å². The first-order valence-electron chi connectivity index (χ1n) is 26.1. The topological polar surface area (TPSA) is 196 Å². The molecule has 4 atom stereocenters. The number of hydrogen-bond donors (Lipinski definition) is 2. The molecule has 79 heavy (non-hydrogen) atoms. The van der Waals surface area contributed by atoms with Crippen LogP contribution in [-0.2, 0) is 43.1 Å². The molecule has 4 heterocycles. The van der Waals surface area contributed by atoms with Gasteiger partial charge in [-0.1, -0.05) is 44.2 Å². The first kappa shape index (κ1) is 58.2. The lowest BCUT2D eigenvalue weighted by Gasteiger charge is -2.40. The Morgan fingerprint density at radius 1 is 0.911 bits per heavy atom. The van der Waals surface area contributed by atoms with Crippen molar-refractivity contribution in [2.24, 2.45) is 5.92 Å². The molecule has 2 unspecified atom stereocenters. The number of aromatic nitrogens is 1. The van der Waals surface area contributed by atoms with Crippen LogP contribution in [0.3, 0.4) is 0 Å². The van der Waals surface area contributed by atoms with Crippen LogP contribution >= 0.6 is 11.3 Å². The molecule has 0 saturated carbocycles. The number of thiazole rings is 1. The number of benzene rings is 4. The van der Waals surface area contributed by atoms with Gasteiger partial charge in [0, 0.05) is 36.4 Å². The molecule has 0 spiro atoms. The zero-order valence-corrected chi connectivity index (χ0v) is 46.3. The summed E-state index contributed by atoms with van der Waals surface area (Å²) < 4.78 is 71.3. The first-order valence-corrected chi connectivity index (χ1v) is 27.0. The summed E-state index contributed by atoms with van der Waals surface area (Å²) in [6.07, 6.45) is -6.04. The predicted octanol–water partition coefficient (Wildman–Crippen LogP) is 9.13. The van der Waals surface area contributed by atoms with E-state index in [1.165, 1.54) is 36.2 Å². The highest BCUT2D eigenvalue weighted by molar-refractivity contribution is 7.13. The van der Waals surface area contributed by atoms with Crippen molar-refractivity contribution in [1.29, 1.82) is 5.26 Å². The monoisotopic (exact) mass is 1110 g/mol. The van der Waals surface area contributed by atoms with Gasteiger partial charge in [-0.15, -0.1) is 11.3 Å². The van der Waals surface area contributed by atoms with Gasteiger partial charge >= 0.3 is 12.2 Å². The molecule has 0 bridgehead atoms. The van der Waals surface area contributed by atoms with Crippen molar-refractivity contribution >= 4 is 46.5 Å². The zero-order valence-electron chi connectivity index (χ0n) is 45.5. The number of anilines is 2. The van der Waals surface area contributed by atoms with Crippen molar-refractivity contribution < 1.29 is 61.1 Å². The Labute approximate surface area is 461 Å². The lowest BCUT2D eigenvalue weighted by Crippen LogP contribution is -2.58. The summed E-state index contributed by atoms with van der Waals surface area (Å²) in [6, 6.07) is 21.6. The number of fused-ring (bicyclic) bond motifs is 1. The Balaban J connectivity index is 0.820. The van der Waals surface area contributed by atoms with Gasteiger partial charge in [-0.3, -0.25) is 24.2 Å². The van der Waals surface area contributed by atoms with E-state index in [-0.39, 0.29) is 75.7 Å². The Bertz CT molecular complexity index is 3070. The number of aryl methyl sites for hydroxylation is 1. The summed E-state index contributed by atoms with van der Waals surface area (Å²) in [6.45, 7) is 16.9. The van der Waals surface area contributed by atoms with Crippen molar-refractivity contribution in [1.82, 2.24) is 20.1 Å². The van der Waals surface area contributed by atoms with Crippen LogP contribution in [-0.4, -0.2) is 125 Å². The smallest absolute Gasteiger partial charge is 0.417 e. The minimum Gasteiger partial charge on any atom is -0.491 e. The second-order valence-corrected chi connectivity index (χ2v) is 22.3. The minimum absolute atomic E-state index is 0.129. The van der Waals surface area contributed by atoms with Gasteiger partial charge in [0.2, 0.25) is 5.91 Å². The molecule has 5 amide bonds. The molecular weight excluding hydrogens is 1040 g/mol. The van der Waals surface area contributed by atoms with Crippen LogP contribution in [0.2, 0.25) is 0 Å². The van der Waals surface area contributed by atoms with E-state index in [1.54, 1.807) is 45.6 Å². The molecule has 2 N–H and O–H groups in total. The molecule has 0 aliphatic carbocycles. The summed E-state index contributed by atoms with van der Waals surface area (Å²) in [7, 11) is 0. The summed E-state index contributed by atoms with van der Waals surface area (Å²) in [5.74, 6) is -0.307. The van der Waals surface area contributed by atoms with E-state index in [9.17, 15) is 42.7 Å². The summed E-state index contributed by atoms with van der Waals surface area (Å²) in [4.78, 5) is 66.0. The van der Waals surface area contributed by atoms with Crippen LogP contribution in [0.15, 0.2) is 90.4 Å². The lowest BCUT2D eigenvalue weighted by atomic mass is 9.99.